The summed E-state index contributed by atoms with van der Waals surface area (Å²) in [5.74, 6) is 0.382. The molecular weight excluding hydrogens is 284 g/mol. The number of benzene rings is 1. The molecule has 0 bridgehead atoms. The highest BCUT2D eigenvalue weighted by Gasteiger charge is 2.12. The third-order valence-corrected chi connectivity index (χ3v) is 3.25. The minimum Gasteiger partial charge on any atom is -0.495 e. The van der Waals surface area contributed by atoms with Gasteiger partial charge in [0.15, 0.2) is 0 Å². The van der Waals surface area contributed by atoms with E-state index in [0.29, 0.717) is 31.1 Å². The van der Waals surface area contributed by atoms with Crippen LogP contribution < -0.4 is 10.1 Å². The number of hydrogen-bond donors (Lipinski definition) is 1. The SMILES string of the molecule is COCCN(CCC(=O)Nc1cc(C)ccc1OC)C(C)=O. The van der Waals surface area contributed by atoms with Crippen molar-refractivity contribution in [3.8, 4) is 5.75 Å². The normalized spacial score (nSPS) is 10.2. The molecule has 0 aliphatic heterocycles. The Hall–Kier alpha value is -2.08. The lowest BCUT2D eigenvalue weighted by molar-refractivity contribution is -0.130. The Bertz CT molecular complexity index is 517. The summed E-state index contributed by atoms with van der Waals surface area (Å²) in [6.45, 7) is 4.72. The summed E-state index contributed by atoms with van der Waals surface area (Å²) in [6.07, 6.45) is 0.223. The maximum Gasteiger partial charge on any atom is 0.226 e. The summed E-state index contributed by atoms with van der Waals surface area (Å²) in [6, 6.07) is 5.58. The maximum absolute atomic E-state index is 12.1. The Kier molecular flexibility index (Phi) is 7.39. The molecule has 1 aromatic carbocycles. The average Bonchev–Trinajstić information content (AvgIpc) is 2.47. The zero-order chi connectivity index (χ0) is 16.5. The molecule has 1 aromatic rings. The number of hydrogen-bond acceptors (Lipinski definition) is 4. The number of anilines is 1. The summed E-state index contributed by atoms with van der Waals surface area (Å²) < 4.78 is 10.2. The molecular formula is C16H24N2O4. The van der Waals surface area contributed by atoms with Gasteiger partial charge in [0, 0.05) is 33.5 Å². The van der Waals surface area contributed by atoms with Crippen LogP contribution in [0.1, 0.15) is 18.9 Å². The van der Waals surface area contributed by atoms with Crippen molar-refractivity contribution in [2.45, 2.75) is 20.3 Å². The van der Waals surface area contributed by atoms with Gasteiger partial charge in [0.25, 0.3) is 0 Å². The van der Waals surface area contributed by atoms with Crippen molar-refractivity contribution in [3.63, 3.8) is 0 Å². The van der Waals surface area contributed by atoms with Crippen molar-refractivity contribution >= 4 is 17.5 Å². The minimum absolute atomic E-state index is 0.0713. The number of aryl methyl sites for hydroxylation is 1. The van der Waals surface area contributed by atoms with Crippen LogP contribution in [0.15, 0.2) is 18.2 Å². The van der Waals surface area contributed by atoms with E-state index < -0.39 is 0 Å². The minimum atomic E-state index is -0.160. The summed E-state index contributed by atoms with van der Waals surface area (Å²) >= 11 is 0. The van der Waals surface area contributed by atoms with Gasteiger partial charge >= 0.3 is 0 Å². The number of carbonyl (C=O) groups is 2. The van der Waals surface area contributed by atoms with Crippen LogP contribution in [0.2, 0.25) is 0 Å². The second kappa shape index (κ2) is 9.04. The zero-order valence-corrected chi connectivity index (χ0v) is 13.6. The molecule has 6 heteroatoms. The van der Waals surface area contributed by atoms with E-state index in [-0.39, 0.29) is 18.2 Å². The van der Waals surface area contributed by atoms with E-state index in [2.05, 4.69) is 5.32 Å². The van der Waals surface area contributed by atoms with E-state index in [0.717, 1.165) is 5.56 Å². The van der Waals surface area contributed by atoms with Gasteiger partial charge in [0.1, 0.15) is 5.75 Å². The van der Waals surface area contributed by atoms with Crippen molar-refractivity contribution in [1.29, 1.82) is 0 Å². The first-order chi connectivity index (χ1) is 10.5. The largest absolute Gasteiger partial charge is 0.495 e. The van der Waals surface area contributed by atoms with Gasteiger partial charge in [-0.15, -0.1) is 0 Å². The Balaban J connectivity index is 2.58. The molecule has 0 saturated heterocycles. The average molecular weight is 308 g/mol. The van der Waals surface area contributed by atoms with Crippen LogP contribution in [-0.4, -0.2) is 50.6 Å². The van der Waals surface area contributed by atoms with E-state index in [9.17, 15) is 9.59 Å². The molecule has 0 aliphatic rings. The smallest absolute Gasteiger partial charge is 0.226 e. The van der Waals surface area contributed by atoms with Gasteiger partial charge in [-0.3, -0.25) is 9.59 Å². The zero-order valence-electron chi connectivity index (χ0n) is 13.6. The first-order valence-corrected chi connectivity index (χ1v) is 7.17. The van der Waals surface area contributed by atoms with Gasteiger partial charge in [-0.1, -0.05) is 6.07 Å². The molecule has 2 amide bonds. The topological polar surface area (TPSA) is 67.9 Å². The van der Waals surface area contributed by atoms with Gasteiger partial charge in [-0.25, -0.2) is 0 Å². The number of ether oxygens (including phenoxy) is 2. The molecule has 6 nitrogen and oxygen atoms in total. The summed E-state index contributed by atoms with van der Waals surface area (Å²) in [7, 11) is 3.14. The van der Waals surface area contributed by atoms with Crippen molar-refractivity contribution in [2.75, 3.05) is 39.2 Å². The van der Waals surface area contributed by atoms with E-state index >= 15 is 0 Å². The van der Waals surface area contributed by atoms with Crippen LogP contribution in [0.3, 0.4) is 0 Å². The molecule has 0 aliphatic carbocycles. The van der Waals surface area contributed by atoms with E-state index in [1.165, 1.54) is 6.92 Å². The molecule has 1 rings (SSSR count). The second-order valence-corrected chi connectivity index (χ2v) is 5.00. The number of nitrogens with zero attached hydrogens (tertiary/aromatic N) is 1. The van der Waals surface area contributed by atoms with E-state index in [4.69, 9.17) is 9.47 Å². The fourth-order valence-electron chi connectivity index (χ4n) is 2.00. The van der Waals surface area contributed by atoms with Crippen LogP contribution in [0.4, 0.5) is 5.69 Å². The van der Waals surface area contributed by atoms with Crippen LogP contribution in [0.5, 0.6) is 5.75 Å². The van der Waals surface area contributed by atoms with Crippen molar-refractivity contribution in [1.82, 2.24) is 4.90 Å². The van der Waals surface area contributed by atoms with E-state index in [1.807, 2.05) is 25.1 Å². The first kappa shape index (κ1) is 18.0. The number of amides is 2. The fourth-order valence-corrected chi connectivity index (χ4v) is 2.00. The van der Waals surface area contributed by atoms with Crippen molar-refractivity contribution in [3.05, 3.63) is 23.8 Å². The molecule has 0 heterocycles. The summed E-state index contributed by atoms with van der Waals surface area (Å²) in [5, 5.41) is 2.82. The molecule has 0 atom stereocenters. The van der Waals surface area contributed by atoms with Gasteiger partial charge in [0.2, 0.25) is 11.8 Å². The predicted octanol–water partition coefficient (Wildman–Crippen LogP) is 1.83. The maximum atomic E-state index is 12.1. The lowest BCUT2D eigenvalue weighted by atomic mass is 10.2. The Labute approximate surface area is 131 Å². The Morgan fingerprint density at radius 2 is 1.95 bits per heavy atom. The van der Waals surface area contributed by atoms with E-state index in [1.54, 1.807) is 19.1 Å². The second-order valence-electron chi connectivity index (χ2n) is 5.00. The van der Waals surface area contributed by atoms with Gasteiger partial charge in [-0.05, 0) is 24.6 Å². The van der Waals surface area contributed by atoms with Gasteiger partial charge < -0.3 is 19.7 Å². The standard InChI is InChI=1S/C16H24N2O4/c1-12-5-6-15(22-4)14(11-12)17-16(20)7-8-18(13(2)19)9-10-21-3/h5-6,11H,7-10H2,1-4H3,(H,17,20). The van der Waals surface area contributed by atoms with Gasteiger partial charge in [0.05, 0.1) is 19.4 Å². The van der Waals surface area contributed by atoms with Crippen LogP contribution in [0.25, 0.3) is 0 Å². The fraction of sp³-hybridized carbons (Fsp3) is 0.500. The summed E-state index contributed by atoms with van der Waals surface area (Å²) in [4.78, 5) is 25.1. The Morgan fingerprint density at radius 3 is 2.55 bits per heavy atom. The number of rotatable bonds is 8. The highest BCUT2D eigenvalue weighted by Crippen LogP contribution is 2.25. The highest BCUT2D eigenvalue weighted by atomic mass is 16.5. The quantitative estimate of drug-likeness (QED) is 0.795. The van der Waals surface area contributed by atoms with Gasteiger partial charge in [-0.2, -0.15) is 0 Å². The Morgan fingerprint density at radius 1 is 1.23 bits per heavy atom. The lowest BCUT2D eigenvalue weighted by Gasteiger charge is -2.20. The molecule has 1 N–H and O–H groups in total. The molecule has 0 radical (unpaired) electrons. The molecule has 0 fully saturated rings. The summed E-state index contributed by atoms with van der Waals surface area (Å²) in [5.41, 5.74) is 1.67. The monoisotopic (exact) mass is 308 g/mol. The predicted molar refractivity (Wildman–Crippen MR) is 85.1 cm³/mol. The molecule has 0 saturated carbocycles. The van der Waals surface area contributed by atoms with Crippen molar-refractivity contribution < 1.29 is 19.1 Å². The first-order valence-electron chi connectivity index (χ1n) is 7.17. The molecule has 0 aromatic heterocycles. The lowest BCUT2D eigenvalue weighted by Crippen LogP contribution is -2.34. The van der Waals surface area contributed by atoms with Crippen LogP contribution in [0, 0.1) is 6.92 Å². The number of carbonyl (C=O) groups excluding carboxylic acids is 2. The number of methoxy groups -OCH3 is 2. The molecule has 122 valence electrons. The molecule has 0 spiro atoms. The third kappa shape index (κ3) is 5.73. The van der Waals surface area contributed by atoms with Crippen molar-refractivity contribution in [2.24, 2.45) is 0 Å². The number of nitrogens with one attached hydrogen (secondary N) is 1. The van der Waals surface area contributed by atoms with Crippen LogP contribution >= 0.6 is 0 Å². The highest BCUT2D eigenvalue weighted by molar-refractivity contribution is 5.92. The molecule has 0 unspecified atom stereocenters. The molecule has 22 heavy (non-hydrogen) atoms. The van der Waals surface area contributed by atoms with Crippen LogP contribution in [-0.2, 0) is 14.3 Å². The third-order valence-electron chi connectivity index (χ3n) is 3.25.